The molecule has 0 aliphatic carbocycles. The molecule has 2 heterocycles. The fourth-order valence-corrected chi connectivity index (χ4v) is 2.49. The van der Waals surface area contributed by atoms with Crippen molar-refractivity contribution >= 4 is 27.6 Å². The molecule has 2 aromatic heterocycles. The Hall–Kier alpha value is -3.34. The standard InChI is InChI=1S/C11H11NO2.C10H8O2/c1-12(2)9-5-3-8-4-6-11(13)14-10(8)7-9;1-7-6-8-4-2-3-5-9(8)12-10(7)11/h3-7H,1-2H3;2-6H,1H3. The Labute approximate surface area is 150 Å². The van der Waals surface area contributed by atoms with Gasteiger partial charge >= 0.3 is 11.3 Å². The number of aryl methyl sites for hydroxylation is 1. The molecule has 26 heavy (non-hydrogen) atoms. The van der Waals surface area contributed by atoms with Crippen LogP contribution in [-0.4, -0.2) is 14.1 Å². The SMILES string of the molecule is CN(C)c1ccc2ccc(=O)oc2c1.Cc1cc2ccccc2oc1=O. The second-order valence-electron chi connectivity index (χ2n) is 6.13. The van der Waals surface area contributed by atoms with Gasteiger partial charge in [-0.15, -0.1) is 0 Å². The van der Waals surface area contributed by atoms with E-state index in [0.29, 0.717) is 16.7 Å². The molecular weight excluding hydrogens is 330 g/mol. The smallest absolute Gasteiger partial charge is 0.339 e. The molecule has 0 aliphatic rings. The van der Waals surface area contributed by atoms with Gasteiger partial charge in [0.15, 0.2) is 0 Å². The van der Waals surface area contributed by atoms with Gasteiger partial charge in [-0.25, -0.2) is 9.59 Å². The first-order valence-corrected chi connectivity index (χ1v) is 8.15. The second-order valence-corrected chi connectivity index (χ2v) is 6.13. The minimum Gasteiger partial charge on any atom is -0.423 e. The normalized spacial score (nSPS) is 10.4. The van der Waals surface area contributed by atoms with Crippen LogP contribution in [0.25, 0.3) is 21.9 Å². The fraction of sp³-hybridized carbons (Fsp3) is 0.143. The first-order chi connectivity index (χ1) is 12.4. The largest absolute Gasteiger partial charge is 0.423 e. The summed E-state index contributed by atoms with van der Waals surface area (Å²) in [6.07, 6.45) is 0. The number of nitrogens with zero attached hydrogens (tertiary/aromatic N) is 1. The molecule has 0 aliphatic heterocycles. The van der Waals surface area contributed by atoms with Crippen LogP contribution in [0.5, 0.6) is 0 Å². The molecule has 0 fully saturated rings. The first-order valence-electron chi connectivity index (χ1n) is 8.15. The Morgan fingerprint density at radius 2 is 1.50 bits per heavy atom. The van der Waals surface area contributed by atoms with Crippen molar-refractivity contribution in [1.82, 2.24) is 0 Å². The van der Waals surface area contributed by atoms with Crippen molar-refractivity contribution in [1.29, 1.82) is 0 Å². The molecular formula is C21H19NO4. The van der Waals surface area contributed by atoms with Gasteiger partial charge in [-0.3, -0.25) is 0 Å². The van der Waals surface area contributed by atoms with Crippen LogP contribution in [0, 0.1) is 6.92 Å². The molecule has 5 nitrogen and oxygen atoms in total. The van der Waals surface area contributed by atoms with Crippen LogP contribution in [0.4, 0.5) is 5.69 Å². The summed E-state index contributed by atoms with van der Waals surface area (Å²) in [6, 6.07) is 18.3. The predicted octanol–water partition coefficient (Wildman–Crippen LogP) is 3.96. The van der Waals surface area contributed by atoms with E-state index in [1.807, 2.05) is 61.5 Å². The average Bonchev–Trinajstić information content (AvgIpc) is 2.62. The highest BCUT2D eigenvalue weighted by Gasteiger charge is 2.00. The van der Waals surface area contributed by atoms with Crippen molar-refractivity contribution in [3.8, 4) is 0 Å². The van der Waals surface area contributed by atoms with Crippen LogP contribution >= 0.6 is 0 Å². The van der Waals surface area contributed by atoms with Gasteiger partial charge in [0.05, 0.1) is 0 Å². The predicted molar refractivity (Wildman–Crippen MR) is 104 cm³/mol. The molecule has 0 atom stereocenters. The summed E-state index contributed by atoms with van der Waals surface area (Å²) >= 11 is 0. The highest BCUT2D eigenvalue weighted by Crippen LogP contribution is 2.19. The summed E-state index contributed by atoms with van der Waals surface area (Å²) in [5.74, 6) is 0. The third-order valence-electron chi connectivity index (χ3n) is 3.94. The van der Waals surface area contributed by atoms with Gasteiger partial charge in [0, 0.05) is 48.3 Å². The third-order valence-corrected chi connectivity index (χ3v) is 3.94. The minimum atomic E-state index is -0.312. The van der Waals surface area contributed by atoms with Gasteiger partial charge in [0.1, 0.15) is 11.2 Å². The van der Waals surface area contributed by atoms with Crippen LogP contribution in [-0.2, 0) is 0 Å². The molecule has 0 saturated heterocycles. The summed E-state index contributed by atoms with van der Waals surface area (Å²) in [5, 5.41) is 1.91. The van der Waals surface area contributed by atoms with Crippen LogP contribution in [0.3, 0.4) is 0 Å². The van der Waals surface area contributed by atoms with Crippen molar-refractivity contribution in [3.63, 3.8) is 0 Å². The zero-order chi connectivity index (χ0) is 18.7. The number of hydrogen-bond acceptors (Lipinski definition) is 5. The quantitative estimate of drug-likeness (QED) is 0.487. The molecule has 0 saturated carbocycles. The maximum absolute atomic E-state index is 11.1. The number of benzene rings is 2. The lowest BCUT2D eigenvalue weighted by molar-refractivity contribution is 0.555. The fourth-order valence-electron chi connectivity index (χ4n) is 2.49. The molecule has 0 amide bonds. The summed E-state index contributed by atoms with van der Waals surface area (Å²) in [5.41, 5.74) is 2.37. The highest BCUT2D eigenvalue weighted by atomic mass is 16.4. The van der Waals surface area contributed by atoms with E-state index in [-0.39, 0.29) is 11.3 Å². The third kappa shape index (κ3) is 3.83. The summed E-state index contributed by atoms with van der Waals surface area (Å²) in [7, 11) is 3.89. The van der Waals surface area contributed by atoms with Crippen LogP contribution in [0.1, 0.15) is 5.56 Å². The molecule has 4 aromatic rings. The lowest BCUT2D eigenvalue weighted by atomic mass is 10.2. The topological polar surface area (TPSA) is 63.7 Å². The van der Waals surface area contributed by atoms with Gasteiger partial charge < -0.3 is 13.7 Å². The first kappa shape index (κ1) is 17.5. The van der Waals surface area contributed by atoms with Crippen molar-refractivity contribution in [2.24, 2.45) is 0 Å². The van der Waals surface area contributed by atoms with Crippen molar-refractivity contribution in [3.05, 3.63) is 87.1 Å². The van der Waals surface area contributed by atoms with Gasteiger partial charge in [-0.2, -0.15) is 0 Å². The van der Waals surface area contributed by atoms with Crippen molar-refractivity contribution in [2.75, 3.05) is 19.0 Å². The van der Waals surface area contributed by atoms with E-state index in [2.05, 4.69) is 0 Å². The van der Waals surface area contributed by atoms with E-state index in [9.17, 15) is 9.59 Å². The lowest BCUT2D eigenvalue weighted by Crippen LogP contribution is -2.08. The van der Waals surface area contributed by atoms with Crippen LogP contribution in [0.2, 0.25) is 0 Å². The molecule has 0 bridgehead atoms. The van der Waals surface area contributed by atoms with Crippen LogP contribution < -0.4 is 16.2 Å². The van der Waals surface area contributed by atoms with E-state index in [1.165, 1.54) is 6.07 Å². The number of anilines is 1. The summed E-state index contributed by atoms with van der Waals surface area (Å²) in [4.78, 5) is 24.0. The summed E-state index contributed by atoms with van der Waals surface area (Å²) in [6.45, 7) is 1.75. The zero-order valence-electron chi connectivity index (χ0n) is 14.9. The van der Waals surface area contributed by atoms with E-state index in [1.54, 1.807) is 19.1 Å². The van der Waals surface area contributed by atoms with Gasteiger partial charge in [-0.05, 0) is 37.3 Å². The molecule has 0 radical (unpaired) electrons. The van der Waals surface area contributed by atoms with Gasteiger partial charge in [0.2, 0.25) is 0 Å². The lowest BCUT2D eigenvalue weighted by Gasteiger charge is -2.11. The van der Waals surface area contributed by atoms with Crippen molar-refractivity contribution < 1.29 is 8.83 Å². The monoisotopic (exact) mass is 349 g/mol. The Kier molecular flexibility index (Phi) is 4.89. The number of rotatable bonds is 1. The number of hydrogen-bond donors (Lipinski definition) is 0. The number of fused-ring (bicyclic) bond motifs is 2. The zero-order valence-corrected chi connectivity index (χ0v) is 14.9. The molecule has 0 unspecified atom stereocenters. The molecule has 0 spiro atoms. The molecule has 132 valence electrons. The second kappa shape index (κ2) is 7.27. The summed E-state index contributed by atoms with van der Waals surface area (Å²) < 4.78 is 10.1. The van der Waals surface area contributed by atoms with E-state index < -0.39 is 0 Å². The van der Waals surface area contributed by atoms with Crippen LogP contribution in [0.15, 0.2) is 79.1 Å². The molecule has 2 aromatic carbocycles. The molecule has 4 rings (SSSR count). The van der Waals surface area contributed by atoms with E-state index in [0.717, 1.165) is 16.5 Å². The average molecular weight is 349 g/mol. The highest BCUT2D eigenvalue weighted by molar-refractivity contribution is 5.80. The Bertz CT molecular complexity index is 1170. The van der Waals surface area contributed by atoms with E-state index >= 15 is 0 Å². The minimum absolute atomic E-state index is 0.256. The Morgan fingerprint density at radius 1 is 0.769 bits per heavy atom. The maximum Gasteiger partial charge on any atom is 0.339 e. The number of para-hydroxylation sites is 1. The maximum atomic E-state index is 11.1. The molecule has 5 heteroatoms. The van der Waals surface area contributed by atoms with Gasteiger partial charge in [0.25, 0.3) is 0 Å². The van der Waals surface area contributed by atoms with Crippen molar-refractivity contribution in [2.45, 2.75) is 6.92 Å². The van der Waals surface area contributed by atoms with E-state index in [4.69, 9.17) is 8.83 Å². The Balaban J connectivity index is 0.000000152. The molecule has 0 N–H and O–H groups in total. The van der Waals surface area contributed by atoms with Gasteiger partial charge in [-0.1, -0.05) is 18.2 Å². The Morgan fingerprint density at radius 3 is 2.27 bits per heavy atom.